The number of hydrogen-bond acceptors (Lipinski definition) is 4. The third-order valence-corrected chi connectivity index (χ3v) is 6.08. The molecule has 0 radical (unpaired) electrons. The molecule has 7 heteroatoms. The summed E-state index contributed by atoms with van der Waals surface area (Å²) in [6.45, 7) is 2.76. The fourth-order valence-corrected chi connectivity index (χ4v) is 4.48. The summed E-state index contributed by atoms with van der Waals surface area (Å²) in [6.07, 6.45) is 0. The molecule has 1 aliphatic heterocycles. The van der Waals surface area contributed by atoms with Gasteiger partial charge in [-0.05, 0) is 59.9 Å². The van der Waals surface area contributed by atoms with Gasteiger partial charge in [-0.3, -0.25) is 4.90 Å². The first-order valence-electron chi connectivity index (χ1n) is 9.59. The van der Waals surface area contributed by atoms with Crippen molar-refractivity contribution in [1.82, 2.24) is 15.1 Å². The molecule has 1 saturated heterocycles. The van der Waals surface area contributed by atoms with Gasteiger partial charge in [-0.15, -0.1) is 10.2 Å². The number of aromatic nitrogens is 2. The number of hydrogen-bond donors (Lipinski definition) is 1. The maximum absolute atomic E-state index is 13.5. The van der Waals surface area contributed by atoms with Crippen molar-refractivity contribution < 1.29 is 8.78 Å². The molecule has 0 spiro atoms. The van der Waals surface area contributed by atoms with Crippen LogP contribution in [0.2, 0.25) is 5.02 Å². The van der Waals surface area contributed by atoms with Gasteiger partial charge in [0.25, 0.3) is 0 Å². The second kappa shape index (κ2) is 7.35. The Bertz CT molecular complexity index is 1030. The Hall–Kier alpha value is -2.57. The van der Waals surface area contributed by atoms with Crippen molar-refractivity contribution in [3.05, 3.63) is 76.8 Å². The Labute approximate surface area is 172 Å². The second-order valence-electron chi connectivity index (χ2n) is 7.75. The Morgan fingerprint density at radius 2 is 1.76 bits per heavy atom. The van der Waals surface area contributed by atoms with E-state index in [1.54, 1.807) is 18.2 Å². The first kappa shape index (κ1) is 18.5. The normalized spacial score (nSPS) is 23.1. The van der Waals surface area contributed by atoms with Crippen molar-refractivity contribution in [3.63, 3.8) is 0 Å². The van der Waals surface area contributed by atoms with Crippen molar-refractivity contribution in [1.29, 1.82) is 0 Å². The molecular weight excluding hydrogens is 394 g/mol. The number of rotatable bonds is 5. The summed E-state index contributed by atoms with van der Waals surface area (Å²) in [5.41, 5.74) is 2.08. The average molecular weight is 413 g/mol. The standard InChI is InChI=1S/C22H19ClF2N4/c23-19-5-4-15(25)9-16(19)20-6-7-21(28-27-20)26-22-17-11-29(12-18(17)22)10-13-2-1-3-14(24)8-13/h1-9,17-18,22H,10-12H2,(H,26,28)/t17-,18+,22+. The molecule has 2 fully saturated rings. The number of halogens is 3. The van der Waals surface area contributed by atoms with E-state index in [-0.39, 0.29) is 11.6 Å². The van der Waals surface area contributed by atoms with Gasteiger partial charge < -0.3 is 5.32 Å². The molecule has 2 aromatic carbocycles. The van der Waals surface area contributed by atoms with E-state index in [0.29, 0.717) is 40.0 Å². The number of nitrogens with zero attached hydrogens (tertiary/aromatic N) is 3. The highest BCUT2D eigenvalue weighted by Crippen LogP contribution is 2.47. The van der Waals surface area contributed by atoms with Gasteiger partial charge in [0.1, 0.15) is 17.5 Å². The second-order valence-corrected chi connectivity index (χ2v) is 8.16. The quantitative estimate of drug-likeness (QED) is 0.664. The molecule has 148 valence electrons. The van der Waals surface area contributed by atoms with Gasteiger partial charge in [-0.25, -0.2) is 8.78 Å². The zero-order valence-corrected chi connectivity index (χ0v) is 16.3. The van der Waals surface area contributed by atoms with Crippen LogP contribution in [0.25, 0.3) is 11.3 Å². The molecule has 1 aliphatic carbocycles. The minimum absolute atomic E-state index is 0.187. The molecule has 29 heavy (non-hydrogen) atoms. The van der Waals surface area contributed by atoms with Crippen LogP contribution in [0.5, 0.6) is 0 Å². The van der Waals surface area contributed by atoms with Gasteiger partial charge in [0, 0.05) is 31.2 Å². The zero-order chi connectivity index (χ0) is 20.0. The number of nitrogens with one attached hydrogen (secondary N) is 1. The van der Waals surface area contributed by atoms with E-state index in [2.05, 4.69) is 20.4 Å². The topological polar surface area (TPSA) is 41.0 Å². The molecule has 0 unspecified atom stereocenters. The highest BCUT2D eigenvalue weighted by atomic mass is 35.5. The smallest absolute Gasteiger partial charge is 0.148 e. The van der Waals surface area contributed by atoms with Crippen LogP contribution in [-0.4, -0.2) is 34.2 Å². The molecule has 2 aliphatic rings. The molecular formula is C22H19ClF2N4. The first-order chi connectivity index (χ1) is 14.1. The van der Waals surface area contributed by atoms with E-state index in [9.17, 15) is 8.78 Å². The van der Waals surface area contributed by atoms with E-state index in [0.717, 1.165) is 25.2 Å². The van der Waals surface area contributed by atoms with E-state index < -0.39 is 0 Å². The number of fused-ring (bicyclic) bond motifs is 1. The van der Waals surface area contributed by atoms with Crippen molar-refractivity contribution in [2.45, 2.75) is 12.6 Å². The largest absolute Gasteiger partial charge is 0.365 e. The first-order valence-corrected chi connectivity index (χ1v) is 9.97. The summed E-state index contributed by atoms with van der Waals surface area (Å²) < 4.78 is 26.8. The number of benzene rings is 2. The Morgan fingerprint density at radius 1 is 0.966 bits per heavy atom. The van der Waals surface area contributed by atoms with Crippen LogP contribution in [-0.2, 0) is 6.54 Å². The highest BCUT2D eigenvalue weighted by molar-refractivity contribution is 6.33. The summed E-state index contributed by atoms with van der Waals surface area (Å²) in [5, 5.41) is 12.3. The Kier molecular flexibility index (Phi) is 4.68. The highest BCUT2D eigenvalue weighted by Gasteiger charge is 2.55. The molecule has 1 aromatic heterocycles. The fraction of sp³-hybridized carbons (Fsp3) is 0.273. The third kappa shape index (κ3) is 3.82. The maximum atomic E-state index is 13.5. The Morgan fingerprint density at radius 3 is 2.48 bits per heavy atom. The summed E-state index contributed by atoms with van der Waals surface area (Å²) in [4.78, 5) is 2.36. The average Bonchev–Trinajstić information content (AvgIpc) is 3.14. The summed E-state index contributed by atoms with van der Waals surface area (Å²) in [6, 6.07) is 15.0. The van der Waals surface area contributed by atoms with Gasteiger partial charge >= 0.3 is 0 Å². The lowest BCUT2D eigenvalue weighted by Gasteiger charge is -2.20. The third-order valence-electron chi connectivity index (χ3n) is 5.75. The molecule has 0 amide bonds. The van der Waals surface area contributed by atoms with Gasteiger partial charge in [0.15, 0.2) is 0 Å². The van der Waals surface area contributed by atoms with Crippen LogP contribution in [0.15, 0.2) is 54.6 Å². The van der Waals surface area contributed by atoms with Gasteiger partial charge in [0.2, 0.25) is 0 Å². The van der Waals surface area contributed by atoms with Crippen LogP contribution in [0.4, 0.5) is 14.6 Å². The SMILES string of the molecule is Fc1cccc(CN2C[C@@H]3[C@H](C2)[C@H]3Nc2ccc(-c3cc(F)ccc3Cl)nn2)c1. The van der Waals surface area contributed by atoms with E-state index in [1.807, 2.05) is 12.1 Å². The van der Waals surface area contributed by atoms with E-state index in [4.69, 9.17) is 11.6 Å². The fourth-order valence-electron chi connectivity index (χ4n) is 4.27. The number of piperidine rings is 1. The van der Waals surface area contributed by atoms with Gasteiger partial charge in [0.05, 0.1) is 10.7 Å². The van der Waals surface area contributed by atoms with E-state index in [1.165, 1.54) is 24.3 Å². The molecule has 3 aromatic rings. The lowest BCUT2D eigenvalue weighted by atomic mass is 10.1. The molecule has 1 N–H and O–H groups in total. The molecule has 0 bridgehead atoms. The molecule has 4 nitrogen and oxygen atoms in total. The van der Waals surface area contributed by atoms with E-state index >= 15 is 0 Å². The molecule has 1 saturated carbocycles. The van der Waals surface area contributed by atoms with Gasteiger partial charge in [-0.2, -0.15) is 0 Å². The van der Waals surface area contributed by atoms with Crippen molar-refractivity contribution in [3.8, 4) is 11.3 Å². The lowest BCUT2D eigenvalue weighted by Crippen LogP contribution is -2.27. The minimum Gasteiger partial charge on any atom is -0.365 e. The summed E-state index contributed by atoms with van der Waals surface area (Å²) in [7, 11) is 0. The number of likely N-dealkylation sites (tertiary alicyclic amines) is 1. The Balaban J connectivity index is 1.18. The summed E-state index contributed by atoms with van der Waals surface area (Å²) in [5.74, 6) is 1.30. The number of anilines is 1. The zero-order valence-electron chi connectivity index (χ0n) is 15.5. The molecule has 5 rings (SSSR count). The molecule has 3 atom stereocenters. The van der Waals surface area contributed by atoms with Crippen molar-refractivity contribution in [2.24, 2.45) is 11.8 Å². The predicted octanol–water partition coefficient (Wildman–Crippen LogP) is 4.62. The maximum Gasteiger partial charge on any atom is 0.148 e. The van der Waals surface area contributed by atoms with Crippen molar-refractivity contribution in [2.75, 3.05) is 18.4 Å². The minimum atomic E-state index is -0.359. The summed E-state index contributed by atoms with van der Waals surface area (Å²) >= 11 is 6.13. The van der Waals surface area contributed by atoms with Crippen LogP contribution in [0, 0.1) is 23.5 Å². The van der Waals surface area contributed by atoms with Crippen LogP contribution in [0.1, 0.15) is 5.56 Å². The van der Waals surface area contributed by atoms with Crippen molar-refractivity contribution >= 4 is 17.4 Å². The molecule has 2 heterocycles. The van der Waals surface area contributed by atoms with Crippen LogP contribution < -0.4 is 5.32 Å². The van der Waals surface area contributed by atoms with Gasteiger partial charge in [-0.1, -0.05) is 23.7 Å². The lowest BCUT2D eigenvalue weighted by molar-refractivity contribution is 0.292. The monoisotopic (exact) mass is 412 g/mol. The van der Waals surface area contributed by atoms with Crippen LogP contribution >= 0.6 is 11.6 Å². The van der Waals surface area contributed by atoms with Crippen LogP contribution in [0.3, 0.4) is 0 Å². The predicted molar refractivity (Wildman–Crippen MR) is 109 cm³/mol.